The fraction of sp³-hybridized carbons (Fsp3) is 0.381. The number of hydrogen-bond acceptors (Lipinski definition) is 4. The van der Waals surface area contributed by atoms with Crippen molar-refractivity contribution in [3.63, 3.8) is 0 Å². The number of benzene rings is 1. The van der Waals surface area contributed by atoms with Crippen LogP contribution in [-0.4, -0.2) is 36.9 Å². The molecule has 2 aromatic heterocycles. The summed E-state index contributed by atoms with van der Waals surface area (Å²) in [6.07, 6.45) is 2.83. The summed E-state index contributed by atoms with van der Waals surface area (Å²) in [6, 6.07) is 9.93. The van der Waals surface area contributed by atoms with Gasteiger partial charge in [-0.2, -0.15) is 10.2 Å². The molecule has 4 rings (SSSR count). The second-order valence-corrected chi connectivity index (χ2v) is 7.41. The molecule has 0 spiro atoms. The first-order chi connectivity index (χ1) is 13.5. The minimum atomic E-state index is -0.111. The molecular formula is C21H26N6O. The van der Waals surface area contributed by atoms with Crippen LogP contribution >= 0.6 is 0 Å². The Kier molecular flexibility index (Phi) is 5.00. The van der Waals surface area contributed by atoms with Gasteiger partial charge < -0.3 is 5.32 Å². The van der Waals surface area contributed by atoms with Gasteiger partial charge in [0.1, 0.15) is 0 Å². The van der Waals surface area contributed by atoms with Crippen molar-refractivity contribution in [2.24, 2.45) is 14.1 Å². The standard InChI is InChI=1S/C21H26N6O/c1-15-17(12-23-25(15)2)13-27-10-9-19-18(14-27)20(24-26(19)3)21(28)22-11-16-7-5-4-6-8-16/h4-8,12H,9-11,13-14H2,1-3H3,(H,22,28). The van der Waals surface area contributed by atoms with Crippen molar-refractivity contribution < 1.29 is 4.79 Å². The summed E-state index contributed by atoms with van der Waals surface area (Å²) in [5, 5.41) is 11.9. The van der Waals surface area contributed by atoms with Crippen molar-refractivity contribution in [1.82, 2.24) is 29.8 Å². The lowest BCUT2D eigenvalue weighted by Gasteiger charge is -2.27. The van der Waals surface area contributed by atoms with Gasteiger partial charge in [0, 0.05) is 69.2 Å². The van der Waals surface area contributed by atoms with Crippen LogP contribution in [-0.2, 0) is 40.2 Å². The van der Waals surface area contributed by atoms with Gasteiger partial charge in [-0.3, -0.25) is 19.1 Å². The van der Waals surface area contributed by atoms with Crippen LogP contribution in [0.1, 0.15) is 38.6 Å². The van der Waals surface area contributed by atoms with Gasteiger partial charge in [0.2, 0.25) is 0 Å². The molecule has 1 aromatic carbocycles. The number of carbonyl (C=O) groups excluding carboxylic acids is 1. The minimum Gasteiger partial charge on any atom is -0.347 e. The molecule has 0 saturated carbocycles. The first kappa shape index (κ1) is 18.4. The van der Waals surface area contributed by atoms with Gasteiger partial charge in [-0.15, -0.1) is 0 Å². The van der Waals surface area contributed by atoms with Crippen LogP contribution in [0.25, 0.3) is 0 Å². The third-order valence-electron chi connectivity index (χ3n) is 5.56. The Bertz CT molecular complexity index is 988. The van der Waals surface area contributed by atoms with Crippen LogP contribution in [0.5, 0.6) is 0 Å². The van der Waals surface area contributed by atoms with E-state index in [2.05, 4.69) is 27.3 Å². The second kappa shape index (κ2) is 7.59. The Morgan fingerprint density at radius 3 is 2.68 bits per heavy atom. The van der Waals surface area contributed by atoms with Crippen molar-refractivity contribution in [2.45, 2.75) is 33.0 Å². The highest BCUT2D eigenvalue weighted by Crippen LogP contribution is 2.24. The van der Waals surface area contributed by atoms with Crippen LogP contribution < -0.4 is 5.32 Å². The first-order valence-corrected chi connectivity index (χ1v) is 9.59. The molecule has 0 saturated heterocycles. The average molecular weight is 378 g/mol. The summed E-state index contributed by atoms with van der Waals surface area (Å²) < 4.78 is 3.76. The Morgan fingerprint density at radius 2 is 1.96 bits per heavy atom. The Morgan fingerprint density at radius 1 is 1.18 bits per heavy atom. The highest BCUT2D eigenvalue weighted by atomic mass is 16.1. The quantitative estimate of drug-likeness (QED) is 0.737. The Labute approximate surface area is 165 Å². The fourth-order valence-corrected chi connectivity index (χ4v) is 3.77. The lowest BCUT2D eigenvalue weighted by molar-refractivity contribution is 0.0942. The molecule has 0 unspecified atom stereocenters. The molecule has 7 nitrogen and oxygen atoms in total. The summed E-state index contributed by atoms with van der Waals surface area (Å²) in [4.78, 5) is 15.2. The van der Waals surface area contributed by atoms with Crippen LogP contribution in [0.3, 0.4) is 0 Å². The third kappa shape index (κ3) is 3.57. The zero-order valence-electron chi connectivity index (χ0n) is 16.6. The van der Waals surface area contributed by atoms with Gasteiger partial charge in [-0.1, -0.05) is 30.3 Å². The van der Waals surface area contributed by atoms with E-state index >= 15 is 0 Å². The van der Waals surface area contributed by atoms with Gasteiger partial charge in [0.15, 0.2) is 5.69 Å². The van der Waals surface area contributed by atoms with Gasteiger partial charge in [-0.05, 0) is 12.5 Å². The molecule has 1 amide bonds. The fourth-order valence-electron chi connectivity index (χ4n) is 3.77. The number of rotatable bonds is 5. The molecule has 7 heteroatoms. The number of fused-ring (bicyclic) bond motifs is 1. The zero-order valence-corrected chi connectivity index (χ0v) is 16.6. The molecule has 1 N–H and O–H groups in total. The maximum absolute atomic E-state index is 12.8. The molecule has 0 fully saturated rings. The number of nitrogens with zero attached hydrogens (tertiary/aromatic N) is 5. The number of hydrogen-bond donors (Lipinski definition) is 1. The smallest absolute Gasteiger partial charge is 0.272 e. The van der Waals surface area contributed by atoms with E-state index in [9.17, 15) is 4.79 Å². The zero-order chi connectivity index (χ0) is 19.7. The number of carbonyl (C=O) groups is 1. The Balaban J connectivity index is 1.49. The van der Waals surface area contributed by atoms with E-state index in [4.69, 9.17) is 0 Å². The van der Waals surface area contributed by atoms with Crippen molar-refractivity contribution >= 4 is 5.91 Å². The molecule has 1 aliphatic heterocycles. The third-order valence-corrected chi connectivity index (χ3v) is 5.56. The van der Waals surface area contributed by atoms with E-state index < -0.39 is 0 Å². The van der Waals surface area contributed by atoms with E-state index in [1.54, 1.807) is 0 Å². The summed E-state index contributed by atoms with van der Waals surface area (Å²) in [6.45, 7) is 5.10. The molecule has 146 valence electrons. The number of amides is 1. The molecule has 0 aliphatic carbocycles. The number of aryl methyl sites for hydroxylation is 2. The van der Waals surface area contributed by atoms with Gasteiger partial charge in [0.05, 0.1) is 6.20 Å². The van der Waals surface area contributed by atoms with Gasteiger partial charge >= 0.3 is 0 Å². The average Bonchev–Trinajstić information content (AvgIpc) is 3.21. The summed E-state index contributed by atoms with van der Waals surface area (Å²) in [7, 11) is 3.89. The summed E-state index contributed by atoms with van der Waals surface area (Å²) >= 11 is 0. The monoisotopic (exact) mass is 378 g/mol. The second-order valence-electron chi connectivity index (χ2n) is 7.41. The van der Waals surface area contributed by atoms with E-state index in [0.717, 1.165) is 42.9 Å². The maximum atomic E-state index is 12.8. The largest absolute Gasteiger partial charge is 0.347 e. The van der Waals surface area contributed by atoms with Gasteiger partial charge in [-0.25, -0.2) is 0 Å². The molecule has 28 heavy (non-hydrogen) atoms. The minimum absolute atomic E-state index is 0.111. The van der Waals surface area contributed by atoms with Crippen LogP contribution in [0.15, 0.2) is 36.5 Å². The lowest BCUT2D eigenvalue weighted by atomic mass is 10.0. The predicted molar refractivity (Wildman–Crippen MR) is 107 cm³/mol. The van der Waals surface area contributed by atoms with Crippen molar-refractivity contribution in [1.29, 1.82) is 0 Å². The number of nitrogens with one attached hydrogen (secondary N) is 1. The highest BCUT2D eigenvalue weighted by Gasteiger charge is 2.27. The molecule has 0 atom stereocenters. The van der Waals surface area contributed by atoms with E-state index in [1.807, 2.05) is 60.0 Å². The molecule has 0 radical (unpaired) electrons. The normalized spacial score (nSPS) is 14.1. The van der Waals surface area contributed by atoms with Crippen molar-refractivity contribution in [2.75, 3.05) is 6.54 Å². The van der Waals surface area contributed by atoms with Crippen molar-refractivity contribution in [3.8, 4) is 0 Å². The number of aromatic nitrogens is 4. The lowest BCUT2D eigenvalue weighted by Crippen LogP contribution is -2.32. The Hall–Kier alpha value is -2.93. The van der Waals surface area contributed by atoms with Gasteiger partial charge in [0.25, 0.3) is 5.91 Å². The first-order valence-electron chi connectivity index (χ1n) is 9.59. The van der Waals surface area contributed by atoms with Crippen LogP contribution in [0.2, 0.25) is 0 Å². The molecule has 3 aromatic rings. The van der Waals surface area contributed by atoms with E-state index in [1.165, 1.54) is 11.3 Å². The molecular weight excluding hydrogens is 352 g/mol. The molecule has 1 aliphatic rings. The van der Waals surface area contributed by atoms with Crippen LogP contribution in [0.4, 0.5) is 0 Å². The van der Waals surface area contributed by atoms with Crippen molar-refractivity contribution in [3.05, 3.63) is 70.3 Å². The SMILES string of the molecule is Cc1c(CN2CCc3c(c(C(=O)NCc4ccccc4)nn3C)C2)cnn1C. The molecule has 3 heterocycles. The summed E-state index contributed by atoms with van der Waals surface area (Å²) in [5.74, 6) is -0.111. The summed E-state index contributed by atoms with van der Waals surface area (Å²) in [5.41, 5.74) is 6.22. The maximum Gasteiger partial charge on any atom is 0.272 e. The van der Waals surface area contributed by atoms with E-state index in [-0.39, 0.29) is 5.91 Å². The topological polar surface area (TPSA) is 68.0 Å². The predicted octanol–water partition coefficient (Wildman–Crippen LogP) is 1.95. The van der Waals surface area contributed by atoms with Crippen LogP contribution in [0, 0.1) is 6.92 Å². The molecule has 0 bridgehead atoms. The highest BCUT2D eigenvalue weighted by molar-refractivity contribution is 5.94. The van der Waals surface area contributed by atoms with E-state index in [0.29, 0.717) is 12.2 Å².